The minimum absolute atomic E-state index is 0.00149. The van der Waals surface area contributed by atoms with Gasteiger partial charge in [0.25, 0.3) is 0 Å². The second kappa shape index (κ2) is 7.28. The summed E-state index contributed by atoms with van der Waals surface area (Å²) in [4.78, 5) is 34.1. The van der Waals surface area contributed by atoms with Gasteiger partial charge < -0.3 is 16.0 Å². The summed E-state index contributed by atoms with van der Waals surface area (Å²) >= 11 is 0. The molecule has 0 aliphatic carbocycles. The van der Waals surface area contributed by atoms with Crippen LogP contribution in [0.2, 0.25) is 0 Å². The van der Waals surface area contributed by atoms with Crippen molar-refractivity contribution in [3.63, 3.8) is 0 Å². The molecule has 0 aromatic heterocycles. The lowest BCUT2D eigenvalue weighted by Crippen LogP contribution is -2.33. The van der Waals surface area contributed by atoms with Crippen molar-refractivity contribution in [2.75, 3.05) is 10.6 Å². The van der Waals surface area contributed by atoms with Gasteiger partial charge in [-0.05, 0) is 32.0 Å². The number of hydrogen-bond acceptors (Lipinski definition) is 3. The molecule has 6 heteroatoms. The van der Waals surface area contributed by atoms with E-state index in [0.717, 1.165) is 0 Å². The maximum Gasteiger partial charge on any atom is 0.233 e. The largest absolute Gasteiger partial charge is 0.353 e. The number of carbonyl (C=O) groups is 3. The molecular weight excluding hydrogens is 258 g/mol. The van der Waals surface area contributed by atoms with E-state index in [0.29, 0.717) is 11.4 Å². The van der Waals surface area contributed by atoms with Crippen molar-refractivity contribution in [3.05, 3.63) is 24.3 Å². The van der Waals surface area contributed by atoms with Crippen LogP contribution in [0.15, 0.2) is 24.3 Å². The predicted octanol–water partition coefficient (Wildman–Crippen LogP) is 1.50. The summed E-state index contributed by atoms with van der Waals surface area (Å²) in [6.45, 7) is 5.06. The van der Waals surface area contributed by atoms with Crippen LogP contribution in [0.1, 0.15) is 27.2 Å². The molecule has 1 aromatic rings. The van der Waals surface area contributed by atoms with E-state index in [1.807, 2.05) is 13.8 Å². The van der Waals surface area contributed by atoms with E-state index in [4.69, 9.17) is 0 Å². The highest BCUT2D eigenvalue weighted by Gasteiger charge is 2.10. The molecule has 0 bridgehead atoms. The second-order valence-corrected chi connectivity index (χ2v) is 4.71. The Morgan fingerprint density at radius 3 is 2.20 bits per heavy atom. The molecule has 0 saturated carbocycles. The van der Waals surface area contributed by atoms with Gasteiger partial charge in [0.15, 0.2) is 0 Å². The Hall–Kier alpha value is -2.37. The minimum Gasteiger partial charge on any atom is -0.353 e. The van der Waals surface area contributed by atoms with Crippen molar-refractivity contribution in [1.82, 2.24) is 5.32 Å². The van der Waals surface area contributed by atoms with Crippen LogP contribution >= 0.6 is 0 Å². The average molecular weight is 277 g/mol. The third-order valence-corrected chi connectivity index (χ3v) is 2.24. The molecule has 1 rings (SSSR count). The topological polar surface area (TPSA) is 87.3 Å². The van der Waals surface area contributed by atoms with Crippen molar-refractivity contribution < 1.29 is 14.4 Å². The Morgan fingerprint density at radius 2 is 1.65 bits per heavy atom. The summed E-state index contributed by atoms with van der Waals surface area (Å²) in [5.74, 6) is -0.913. The lowest BCUT2D eigenvalue weighted by molar-refractivity contribution is -0.127. The van der Waals surface area contributed by atoms with E-state index in [1.54, 1.807) is 24.3 Å². The molecule has 108 valence electrons. The zero-order valence-corrected chi connectivity index (χ0v) is 11.8. The van der Waals surface area contributed by atoms with Gasteiger partial charge in [0, 0.05) is 24.3 Å². The third-order valence-electron chi connectivity index (χ3n) is 2.24. The Kier molecular flexibility index (Phi) is 5.71. The highest BCUT2D eigenvalue weighted by molar-refractivity contribution is 6.04. The number of benzene rings is 1. The molecule has 0 radical (unpaired) electrons. The number of hydrogen-bond donors (Lipinski definition) is 3. The van der Waals surface area contributed by atoms with Gasteiger partial charge in [0.1, 0.15) is 6.42 Å². The fourth-order valence-electron chi connectivity index (χ4n) is 1.60. The number of rotatable bonds is 5. The number of carbonyl (C=O) groups excluding carboxylic acids is 3. The molecule has 0 fully saturated rings. The summed E-state index contributed by atoms with van der Waals surface area (Å²) < 4.78 is 0. The van der Waals surface area contributed by atoms with Crippen molar-refractivity contribution in [3.8, 4) is 0 Å². The van der Waals surface area contributed by atoms with Crippen LogP contribution in [0.3, 0.4) is 0 Å². The predicted molar refractivity (Wildman–Crippen MR) is 77.3 cm³/mol. The van der Waals surface area contributed by atoms with E-state index < -0.39 is 5.91 Å². The molecule has 0 aliphatic heterocycles. The van der Waals surface area contributed by atoms with Crippen molar-refractivity contribution in [2.24, 2.45) is 0 Å². The lowest BCUT2D eigenvalue weighted by atomic mass is 10.2. The van der Waals surface area contributed by atoms with Crippen LogP contribution in [-0.4, -0.2) is 23.8 Å². The number of nitrogens with one attached hydrogen (secondary N) is 3. The van der Waals surface area contributed by atoms with Crippen molar-refractivity contribution >= 4 is 29.1 Å². The summed E-state index contributed by atoms with van der Waals surface area (Å²) in [6.07, 6.45) is -0.234. The average Bonchev–Trinajstić information content (AvgIpc) is 2.26. The Balaban J connectivity index is 2.57. The fraction of sp³-hybridized carbons (Fsp3) is 0.357. The van der Waals surface area contributed by atoms with Crippen LogP contribution in [-0.2, 0) is 14.4 Å². The van der Waals surface area contributed by atoms with Gasteiger partial charge in [0.05, 0.1) is 0 Å². The Bertz CT molecular complexity index is 512. The molecule has 1 aromatic carbocycles. The van der Waals surface area contributed by atoms with Crippen LogP contribution in [0.5, 0.6) is 0 Å². The van der Waals surface area contributed by atoms with E-state index in [2.05, 4.69) is 16.0 Å². The lowest BCUT2D eigenvalue weighted by Gasteiger charge is -2.09. The van der Waals surface area contributed by atoms with Crippen LogP contribution in [0.25, 0.3) is 0 Å². The first kappa shape index (κ1) is 15.7. The molecule has 20 heavy (non-hydrogen) atoms. The third kappa shape index (κ3) is 5.99. The van der Waals surface area contributed by atoms with Gasteiger partial charge in [-0.25, -0.2) is 0 Å². The smallest absolute Gasteiger partial charge is 0.233 e. The van der Waals surface area contributed by atoms with Gasteiger partial charge in [-0.15, -0.1) is 0 Å². The standard InChI is InChI=1S/C14H19N3O3/c1-9(2)15-13(19)8-14(20)17-12-6-4-5-11(7-12)16-10(3)18/h4-7,9H,8H2,1-3H3,(H,15,19)(H,16,18)(H,17,20). The number of amides is 3. The van der Waals surface area contributed by atoms with Crippen molar-refractivity contribution in [1.29, 1.82) is 0 Å². The van der Waals surface area contributed by atoms with Crippen molar-refractivity contribution in [2.45, 2.75) is 33.2 Å². The SMILES string of the molecule is CC(=O)Nc1cccc(NC(=O)CC(=O)NC(C)C)c1. The highest BCUT2D eigenvalue weighted by atomic mass is 16.2. The van der Waals surface area contributed by atoms with Gasteiger partial charge in [-0.2, -0.15) is 0 Å². The Morgan fingerprint density at radius 1 is 1.05 bits per heavy atom. The van der Waals surface area contributed by atoms with E-state index in [1.165, 1.54) is 6.92 Å². The molecule has 0 unspecified atom stereocenters. The van der Waals surface area contributed by atoms with E-state index in [-0.39, 0.29) is 24.3 Å². The maximum absolute atomic E-state index is 11.7. The highest BCUT2D eigenvalue weighted by Crippen LogP contribution is 2.15. The van der Waals surface area contributed by atoms with Gasteiger partial charge in [0.2, 0.25) is 17.7 Å². The first-order valence-electron chi connectivity index (χ1n) is 6.33. The Labute approximate surface area is 117 Å². The normalized spacial score (nSPS) is 10.0. The second-order valence-electron chi connectivity index (χ2n) is 4.71. The monoisotopic (exact) mass is 277 g/mol. The summed E-state index contributed by atoms with van der Waals surface area (Å²) in [5.41, 5.74) is 1.11. The first-order chi connectivity index (χ1) is 9.36. The van der Waals surface area contributed by atoms with Crippen LogP contribution in [0.4, 0.5) is 11.4 Å². The van der Waals surface area contributed by atoms with Gasteiger partial charge in [-0.3, -0.25) is 14.4 Å². The van der Waals surface area contributed by atoms with Crippen LogP contribution < -0.4 is 16.0 Å². The zero-order valence-electron chi connectivity index (χ0n) is 11.8. The van der Waals surface area contributed by atoms with E-state index in [9.17, 15) is 14.4 Å². The zero-order chi connectivity index (χ0) is 15.1. The summed E-state index contributed by atoms with van der Waals surface area (Å²) in [6, 6.07) is 6.72. The maximum atomic E-state index is 11.7. The summed E-state index contributed by atoms with van der Waals surface area (Å²) in [7, 11) is 0. The quantitative estimate of drug-likeness (QED) is 0.713. The molecular formula is C14H19N3O3. The molecule has 6 nitrogen and oxygen atoms in total. The molecule has 0 spiro atoms. The molecule has 3 amide bonds. The van der Waals surface area contributed by atoms with Gasteiger partial charge in [-0.1, -0.05) is 6.07 Å². The molecule has 0 aliphatic rings. The minimum atomic E-state index is -0.400. The first-order valence-corrected chi connectivity index (χ1v) is 6.33. The number of anilines is 2. The van der Waals surface area contributed by atoms with E-state index >= 15 is 0 Å². The fourth-order valence-corrected chi connectivity index (χ4v) is 1.60. The van der Waals surface area contributed by atoms with Gasteiger partial charge >= 0.3 is 0 Å². The molecule has 0 saturated heterocycles. The molecule has 3 N–H and O–H groups in total. The summed E-state index contributed by atoms with van der Waals surface area (Å²) in [5, 5.41) is 7.86. The van der Waals surface area contributed by atoms with Crippen LogP contribution in [0, 0.1) is 0 Å². The molecule has 0 heterocycles. The molecule has 0 atom stereocenters.